The van der Waals surface area contributed by atoms with E-state index < -0.39 is 0 Å². The molecule has 0 spiro atoms. The molecule has 6 heteroatoms. The van der Waals surface area contributed by atoms with Crippen molar-refractivity contribution in [2.75, 3.05) is 25.0 Å². The minimum absolute atomic E-state index is 0.182. The van der Waals surface area contributed by atoms with Gasteiger partial charge in [0.25, 0.3) is 5.91 Å². The number of piperidine rings is 1. The van der Waals surface area contributed by atoms with E-state index in [4.69, 9.17) is 0 Å². The number of carbonyl (C=O) groups excluding carboxylic acids is 1. The van der Waals surface area contributed by atoms with Crippen molar-refractivity contribution in [1.29, 1.82) is 0 Å². The second-order valence-corrected chi connectivity index (χ2v) is 6.05. The molecule has 3 rings (SSSR count). The van der Waals surface area contributed by atoms with Crippen LogP contribution in [0.25, 0.3) is 0 Å². The fourth-order valence-electron chi connectivity index (χ4n) is 2.86. The molecular weight excluding hydrogens is 290 g/mol. The van der Waals surface area contributed by atoms with Gasteiger partial charge in [-0.1, -0.05) is 18.6 Å². The highest BCUT2D eigenvalue weighted by Crippen LogP contribution is 2.13. The van der Waals surface area contributed by atoms with Crippen LogP contribution in [0.1, 0.15) is 35.4 Å². The first-order valence-electron chi connectivity index (χ1n) is 8.19. The van der Waals surface area contributed by atoms with Crippen molar-refractivity contribution in [2.24, 2.45) is 7.05 Å². The number of anilines is 1. The van der Waals surface area contributed by atoms with E-state index in [1.807, 2.05) is 12.1 Å². The summed E-state index contributed by atoms with van der Waals surface area (Å²) in [7, 11) is 1.74. The Kier molecular flexibility index (Phi) is 5.02. The van der Waals surface area contributed by atoms with Crippen molar-refractivity contribution < 1.29 is 4.79 Å². The van der Waals surface area contributed by atoms with Crippen molar-refractivity contribution in [3.8, 4) is 0 Å². The van der Waals surface area contributed by atoms with Crippen molar-refractivity contribution >= 4 is 11.6 Å². The Balaban J connectivity index is 1.51. The van der Waals surface area contributed by atoms with Crippen LogP contribution in [0.5, 0.6) is 0 Å². The third-order valence-corrected chi connectivity index (χ3v) is 4.18. The van der Waals surface area contributed by atoms with Crippen LogP contribution in [0, 0.1) is 0 Å². The number of hydrogen-bond acceptors (Lipinski definition) is 4. The summed E-state index contributed by atoms with van der Waals surface area (Å²) in [6.45, 7) is 3.57. The Labute approximate surface area is 136 Å². The SMILES string of the molecule is Cn1cnc(C(=O)Nc2ccc(CCN3CCCCC3)cc2)n1. The molecule has 122 valence electrons. The molecule has 1 aliphatic rings. The van der Waals surface area contributed by atoms with E-state index in [0.717, 1.165) is 18.7 Å². The largest absolute Gasteiger partial charge is 0.319 e. The second-order valence-electron chi connectivity index (χ2n) is 6.05. The van der Waals surface area contributed by atoms with Crippen LogP contribution < -0.4 is 5.32 Å². The lowest BCUT2D eigenvalue weighted by atomic mass is 10.1. The van der Waals surface area contributed by atoms with Gasteiger partial charge in [-0.05, 0) is 50.0 Å². The van der Waals surface area contributed by atoms with E-state index in [2.05, 4.69) is 32.4 Å². The summed E-state index contributed by atoms with van der Waals surface area (Å²) < 4.78 is 1.51. The Hall–Kier alpha value is -2.21. The zero-order chi connectivity index (χ0) is 16.1. The van der Waals surface area contributed by atoms with Gasteiger partial charge in [0.2, 0.25) is 5.82 Å². The fourth-order valence-corrected chi connectivity index (χ4v) is 2.86. The average molecular weight is 313 g/mol. The van der Waals surface area contributed by atoms with Crippen LogP contribution in [0.15, 0.2) is 30.6 Å². The number of hydrogen-bond donors (Lipinski definition) is 1. The summed E-state index contributed by atoms with van der Waals surface area (Å²) >= 11 is 0. The first-order chi connectivity index (χ1) is 11.2. The molecule has 0 saturated carbocycles. The Bertz CT molecular complexity index is 643. The summed E-state index contributed by atoms with van der Waals surface area (Å²) in [4.78, 5) is 18.5. The first kappa shape index (κ1) is 15.7. The van der Waals surface area contributed by atoms with E-state index in [1.165, 1.54) is 48.9 Å². The number of aryl methyl sites for hydroxylation is 1. The molecule has 0 aliphatic carbocycles. The van der Waals surface area contributed by atoms with Gasteiger partial charge in [0.05, 0.1) is 0 Å². The molecule has 0 unspecified atom stereocenters. The number of nitrogens with zero attached hydrogens (tertiary/aromatic N) is 4. The van der Waals surface area contributed by atoms with E-state index in [1.54, 1.807) is 7.05 Å². The number of rotatable bonds is 5. The van der Waals surface area contributed by atoms with E-state index in [-0.39, 0.29) is 11.7 Å². The van der Waals surface area contributed by atoms with Gasteiger partial charge in [0.1, 0.15) is 6.33 Å². The number of nitrogens with one attached hydrogen (secondary N) is 1. The molecule has 0 radical (unpaired) electrons. The van der Waals surface area contributed by atoms with Gasteiger partial charge in [-0.15, -0.1) is 5.10 Å². The molecule has 1 amide bonds. The lowest BCUT2D eigenvalue weighted by Gasteiger charge is -2.26. The van der Waals surface area contributed by atoms with Crippen molar-refractivity contribution in [2.45, 2.75) is 25.7 Å². The molecule has 1 aromatic heterocycles. The molecule has 0 bridgehead atoms. The molecule has 1 aromatic carbocycles. The quantitative estimate of drug-likeness (QED) is 0.918. The van der Waals surface area contributed by atoms with Crippen molar-refractivity contribution in [3.05, 3.63) is 42.0 Å². The maximum atomic E-state index is 12.0. The number of benzene rings is 1. The van der Waals surface area contributed by atoms with Crippen molar-refractivity contribution in [3.63, 3.8) is 0 Å². The monoisotopic (exact) mass is 313 g/mol. The molecule has 1 fully saturated rings. The third kappa shape index (κ3) is 4.39. The molecule has 23 heavy (non-hydrogen) atoms. The molecule has 2 aromatic rings. The zero-order valence-corrected chi connectivity index (χ0v) is 13.5. The van der Waals surface area contributed by atoms with Gasteiger partial charge in [0, 0.05) is 19.3 Å². The normalized spacial score (nSPS) is 15.5. The number of likely N-dealkylation sites (tertiary alicyclic amines) is 1. The molecule has 1 N–H and O–H groups in total. The number of aromatic nitrogens is 3. The first-order valence-corrected chi connectivity index (χ1v) is 8.19. The maximum absolute atomic E-state index is 12.0. The smallest absolute Gasteiger partial charge is 0.295 e. The second kappa shape index (κ2) is 7.37. The number of carbonyl (C=O) groups is 1. The lowest BCUT2D eigenvalue weighted by molar-refractivity contribution is 0.101. The maximum Gasteiger partial charge on any atom is 0.295 e. The van der Waals surface area contributed by atoms with Gasteiger partial charge < -0.3 is 10.2 Å². The van der Waals surface area contributed by atoms with Crippen LogP contribution in [0.2, 0.25) is 0 Å². The third-order valence-electron chi connectivity index (χ3n) is 4.18. The predicted molar refractivity (Wildman–Crippen MR) is 89.4 cm³/mol. The minimum Gasteiger partial charge on any atom is -0.319 e. The van der Waals surface area contributed by atoms with Gasteiger partial charge in [-0.2, -0.15) is 0 Å². The summed E-state index contributed by atoms with van der Waals surface area (Å²) in [5.74, 6) is -0.103. The van der Waals surface area contributed by atoms with E-state index in [0.29, 0.717) is 0 Å². The highest BCUT2D eigenvalue weighted by Gasteiger charge is 2.11. The van der Waals surface area contributed by atoms with Crippen LogP contribution in [-0.4, -0.2) is 45.2 Å². The molecule has 2 heterocycles. The standard InChI is InChI=1S/C17H23N5O/c1-21-13-18-16(20-21)17(23)19-15-7-5-14(6-8-15)9-12-22-10-3-2-4-11-22/h5-8,13H,2-4,9-12H2,1H3,(H,19,23). The summed E-state index contributed by atoms with van der Waals surface area (Å²) in [6.07, 6.45) is 6.59. The van der Waals surface area contributed by atoms with Crippen LogP contribution in [0.3, 0.4) is 0 Å². The Morgan fingerprint density at radius 3 is 2.57 bits per heavy atom. The topological polar surface area (TPSA) is 63.1 Å². The highest BCUT2D eigenvalue weighted by atomic mass is 16.2. The minimum atomic E-state index is -0.285. The Morgan fingerprint density at radius 1 is 1.17 bits per heavy atom. The van der Waals surface area contributed by atoms with Gasteiger partial charge >= 0.3 is 0 Å². The lowest BCUT2D eigenvalue weighted by Crippen LogP contribution is -2.31. The van der Waals surface area contributed by atoms with Crippen LogP contribution in [-0.2, 0) is 13.5 Å². The Morgan fingerprint density at radius 2 is 1.91 bits per heavy atom. The number of amides is 1. The molecule has 1 aliphatic heterocycles. The molecule has 0 atom stereocenters. The summed E-state index contributed by atoms with van der Waals surface area (Å²) in [5.41, 5.74) is 2.06. The van der Waals surface area contributed by atoms with Crippen molar-refractivity contribution in [1.82, 2.24) is 19.7 Å². The molecule has 6 nitrogen and oxygen atoms in total. The fraction of sp³-hybridized carbons (Fsp3) is 0.471. The van der Waals surface area contributed by atoms with E-state index >= 15 is 0 Å². The van der Waals surface area contributed by atoms with Gasteiger partial charge in [0.15, 0.2) is 0 Å². The summed E-state index contributed by atoms with van der Waals surface area (Å²) in [5, 5.41) is 6.81. The molecular formula is C17H23N5O. The average Bonchev–Trinajstić information content (AvgIpc) is 3.02. The van der Waals surface area contributed by atoms with E-state index in [9.17, 15) is 4.79 Å². The van der Waals surface area contributed by atoms with Gasteiger partial charge in [-0.3, -0.25) is 9.48 Å². The van der Waals surface area contributed by atoms with Crippen LogP contribution >= 0.6 is 0 Å². The van der Waals surface area contributed by atoms with Crippen LogP contribution in [0.4, 0.5) is 5.69 Å². The predicted octanol–water partition coefficient (Wildman–Crippen LogP) is 2.10. The highest BCUT2D eigenvalue weighted by molar-refractivity contribution is 6.01. The summed E-state index contributed by atoms with van der Waals surface area (Å²) in [6, 6.07) is 8.02. The van der Waals surface area contributed by atoms with Gasteiger partial charge in [-0.25, -0.2) is 4.98 Å². The zero-order valence-electron chi connectivity index (χ0n) is 13.5. The molecule has 1 saturated heterocycles.